The first-order chi connectivity index (χ1) is 12.8. The number of pyridine rings is 1. The molecule has 1 saturated heterocycles. The van der Waals surface area contributed by atoms with Crippen molar-refractivity contribution >= 4 is 11.2 Å². The lowest BCUT2D eigenvalue weighted by Crippen LogP contribution is -2.30. The van der Waals surface area contributed by atoms with Gasteiger partial charge in [-0.2, -0.15) is 0 Å². The molecular weight excluding hydrogens is 330 g/mol. The summed E-state index contributed by atoms with van der Waals surface area (Å²) in [4.78, 5) is 27.4. The van der Waals surface area contributed by atoms with Crippen molar-refractivity contribution in [2.75, 3.05) is 13.1 Å². The SMILES string of the molecule is O=c1oc2cccnc2n1CCN1CCCC1c1nc2c([nH]1)CCCC2. The third-order valence-electron chi connectivity index (χ3n) is 5.69. The largest absolute Gasteiger partial charge is 0.421 e. The lowest BCUT2D eigenvalue weighted by Gasteiger charge is -2.22. The molecule has 1 atom stereocenters. The van der Waals surface area contributed by atoms with Crippen molar-refractivity contribution in [3.8, 4) is 0 Å². The van der Waals surface area contributed by atoms with Gasteiger partial charge >= 0.3 is 5.76 Å². The Bertz CT molecular complexity index is 962. The summed E-state index contributed by atoms with van der Waals surface area (Å²) in [5.74, 6) is 0.778. The molecule has 7 nitrogen and oxygen atoms in total. The maximum atomic E-state index is 12.1. The zero-order chi connectivity index (χ0) is 17.5. The Morgan fingerprint density at radius 3 is 3.08 bits per heavy atom. The normalized spacial score (nSPS) is 20.7. The van der Waals surface area contributed by atoms with Crippen LogP contribution in [0.25, 0.3) is 11.2 Å². The van der Waals surface area contributed by atoms with E-state index in [1.165, 1.54) is 24.2 Å². The second-order valence-electron chi connectivity index (χ2n) is 7.29. The number of aromatic amines is 1. The van der Waals surface area contributed by atoms with E-state index in [2.05, 4.69) is 14.9 Å². The molecule has 1 fully saturated rings. The summed E-state index contributed by atoms with van der Waals surface area (Å²) in [6, 6.07) is 3.89. The fourth-order valence-electron chi connectivity index (χ4n) is 4.36. The van der Waals surface area contributed by atoms with Gasteiger partial charge in [0.2, 0.25) is 0 Å². The van der Waals surface area contributed by atoms with Gasteiger partial charge in [-0.3, -0.25) is 9.47 Å². The Hall–Kier alpha value is -2.41. The lowest BCUT2D eigenvalue weighted by atomic mass is 10.0. The molecule has 4 heterocycles. The number of aromatic nitrogens is 4. The summed E-state index contributed by atoms with van der Waals surface area (Å²) in [6.07, 6.45) is 8.69. The molecule has 0 saturated carbocycles. The highest BCUT2D eigenvalue weighted by Crippen LogP contribution is 2.32. The number of oxazole rings is 1. The Balaban J connectivity index is 1.35. The number of fused-ring (bicyclic) bond motifs is 2. The van der Waals surface area contributed by atoms with Crippen molar-refractivity contribution in [2.24, 2.45) is 0 Å². The van der Waals surface area contributed by atoms with E-state index in [-0.39, 0.29) is 5.76 Å². The summed E-state index contributed by atoms with van der Waals surface area (Å²) in [5.41, 5.74) is 3.77. The molecule has 0 radical (unpaired) electrons. The monoisotopic (exact) mass is 353 g/mol. The highest BCUT2D eigenvalue weighted by molar-refractivity contribution is 5.67. The zero-order valence-corrected chi connectivity index (χ0v) is 14.8. The number of nitrogens with zero attached hydrogens (tertiary/aromatic N) is 4. The highest BCUT2D eigenvalue weighted by atomic mass is 16.4. The van der Waals surface area contributed by atoms with E-state index in [0.717, 1.165) is 44.6 Å². The predicted molar refractivity (Wildman–Crippen MR) is 97.0 cm³/mol. The number of likely N-dealkylation sites (tertiary alicyclic amines) is 1. The Kier molecular flexibility index (Phi) is 3.89. The topological polar surface area (TPSA) is 79.9 Å². The van der Waals surface area contributed by atoms with Crippen LogP contribution in [-0.4, -0.2) is 37.5 Å². The highest BCUT2D eigenvalue weighted by Gasteiger charge is 2.29. The van der Waals surface area contributed by atoms with Crippen LogP contribution in [0.15, 0.2) is 27.5 Å². The fourth-order valence-corrected chi connectivity index (χ4v) is 4.36. The van der Waals surface area contributed by atoms with E-state index in [4.69, 9.17) is 9.40 Å². The molecule has 1 N–H and O–H groups in total. The molecule has 0 aromatic carbocycles. The number of hydrogen-bond acceptors (Lipinski definition) is 5. The van der Waals surface area contributed by atoms with Crippen LogP contribution in [0.1, 0.15) is 48.9 Å². The van der Waals surface area contributed by atoms with Crippen LogP contribution in [0, 0.1) is 0 Å². The van der Waals surface area contributed by atoms with Gasteiger partial charge in [0.05, 0.1) is 11.7 Å². The third-order valence-corrected chi connectivity index (χ3v) is 5.69. The van der Waals surface area contributed by atoms with Crippen LogP contribution >= 0.6 is 0 Å². The molecular formula is C19H23N5O2. The first kappa shape index (κ1) is 15.8. The van der Waals surface area contributed by atoms with Crippen LogP contribution in [0.5, 0.6) is 0 Å². The second kappa shape index (κ2) is 6.39. The smallest absolute Gasteiger partial charge is 0.406 e. The van der Waals surface area contributed by atoms with Crippen LogP contribution in [0.3, 0.4) is 0 Å². The molecule has 1 unspecified atom stereocenters. The van der Waals surface area contributed by atoms with Crippen molar-refractivity contribution in [3.63, 3.8) is 0 Å². The lowest BCUT2D eigenvalue weighted by molar-refractivity contribution is 0.237. The van der Waals surface area contributed by atoms with E-state index in [1.807, 2.05) is 0 Å². The van der Waals surface area contributed by atoms with Crippen LogP contribution < -0.4 is 5.76 Å². The van der Waals surface area contributed by atoms with Gasteiger partial charge in [0, 0.05) is 25.0 Å². The first-order valence-corrected chi connectivity index (χ1v) is 9.55. The van der Waals surface area contributed by atoms with Gasteiger partial charge in [-0.25, -0.2) is 14.8 Å². The molecule has 5 rings (SSSR count). The van der Waals surface area contributed by atoms with Gasteiger partial charge in [0.15, 0.2) is 11.2 Å². The van der Waals surface area contributed by atoms with Gasteiger partial charge < -0.3 is 9.40 Å². The van der Waals surface area contributed by atoms with Crippen LogP contribution in [0.4, 0.5) is 0 Å². The van der Waals surface area contributed by atoms with E-state index < -0.39 is 0 Å². The summed E-state index contributed by atoms with van der Waals surface area (Å²) < 4.78 is 6.93. The Labute approximate surface area is 151 Å². The second-order valence-corrected chi connectivity index (χ2v) is 7.29. The number of aryl methyl sites for hydroxylation is 2. The molecule has 1 aliphatic heterocycles. The molecule has 1 aliphatic carbocycles. The minimum atomic E-state index is -0.331. The molecule has 26 heavy (non-hydrogen) atoms. The number of imidazole rings is 1. The molecule has 136 valence electrons. The Morgan fingerprint density at radius 2 is 2.15 bits per heavy atom. The van der Waals surface area contributed by atoms with Crippen molar-refractivity contribution in [2.45, 2.75) is 51.1 Å². The molecule has 3 aromatic rings. The standard InChI is InChI=1S/C19H23N5O2/c25-19-24(18-16(26-19)8-3-9-20-18)12-11-23-10-4-7-15(23)17-21-13-5-1-2-6-14(13)22-17/h3,8-9,15H,1-2,4-7,10-12H2,(H,21,22). The molecule has 2 aliphatic rings. The average molecular weight is 353 g/mol. The van der Waals surface area contributed by atoms with Crippen molar-refractivity contribution in [1.82, 2.24) is 24.4 Å². The molecule has 7 heteroatoms. The van der Waals surface area contributed by atoms with Crippen molar-refractivity contribution in [1.29, 1.82) is 0 Å². The van der Waals surface area contributed by atoms with E-state index >= 15 is 0 Å². The maximum Gasteiger partial charge on any atom is 0.421 e. The minimum absolute atomic E-state index is 0.322. The number of nitrogens with one attached hydrogen (secondary N) is 1. The molecule has 0 bridgehead atoms. The predicted octanol–water partition coefficient (Wildman–Crippen LogP) is 2.43. The van der Waals surface area contributed by atoms with Gasteiger partial charge in [-0.05, 0) is 57.2 Å². The molecule has 0 amide bonds. The summed E-state index contributed by atoms with van der Waals surface area (Å²) in [6.45, 7) is 2.41. The number of H-pyrrole nitrogens is 1. The van der Waals surface area contributed by atoms with Gasteiger partial charge in [-0.15, -0.1) is 0 Å². The Morgan fingerprint density at radius 1 is 1.23 bits per heavy atom. The zero-order valence-electron chi connectivity index (χ0n) is 14.8. The van der Waals surface area contributed by atoms with Gasteiger partial charge in [-0.1, -0.05) is 0 Å². The summed E-state index contributed by atoms with van der Waals surface area (Å²) in [5, 5.41) is 0. The van der Waals surface area contributed by atoms with Crippen LogP contribution in [0.2, 0.25) is 0 Å². The fraction of sp³-hybridized carbons (Fsp3) is 0.526. The van der Waals surface area contributed by atoms with Gasteiger partial charge in [0.25, 0.3) is 0 Å². The van der Waals surface area contributed by atoms with Gasteiger partial charge in [0.1, 0.15) is 5.82 Å². The number of rotatable bonds is 4. The van der Waals surface area contributed by atoms with E-state index in [0.29, 0.717) is 23.8 Å². The molecule has 3 aromatic heterocycles. The average Bonchev–Trinajstić information content (AvgIpc) is 3.35. The third kappa shape index (κ3) is 2.67. The first-order valence-electron chi connectivity index (χ1n) is 9.55. The van der Waals surface area contributed by atoms with Crippen molar-refractivity contribution in [3.05, 3.63) is 46.1 Å². The minimum Gasteiger partial charge on any atom is -0.406 e. The molecule has 0 spiro atoms. The van der Waals surface area contributed by atoms with Crippen molar-refractivity contribution < 1.29 is 4.42 Å². The van der Waals surface area contributed by atoms with E-state index in [1.54, 1.807) is 22.9 Å². The summed E-state index contributed by atoms with van der Waals surface area (Å²) >= 11 is 0. The number of hydrogen-bond donors (Lipinski definition) is 1. The summed E-state index contributed by atoms with van der Waals surface area (Å²) in [7, 11) is 0. The maximum absolute atomic E-state index is 12.1. The quantitative estimate of drug-likeness (QED) is 0.779. The van der Waals surface area contributed by atoms with E-state index in [9.17, 15) is 4.79 Å². The van der Waals surface area contributed by atoms with Crippen LogP contribution in [-0.2, 0) is 19.4 Å².